The Morgan fingerprint density at radius 3 is 2.48 bits per heavy atom. The number of anilines is 1. The molecular formula is C14H22N4O2S. The first-order chi connectivity index (χ1) is 10.0. The maximum absolute atomic E-state index is 11.3. The highest BCUT2D eigenvalue weighted by molar-refractivity contribution is 7.88. The fourth-order valence-corrected chi connectivity index (χ4v) is 3.83. The van der Waals surface area contributed by atoms with Gasteiger partial charge in [0, 0.05) is 36.8 Å². The van der Waals surface area contributed by atoms with Gasteiger partial charge in [-0.15, -0.1) is 0 Å². The smallest absolute Gasteiger partial charge is 0.208 e. The van der Waals surface area contributed by atoms with Gasteiger partial charge in [0.25, 0.3) is 0 Å². The quantitative estimate of drug-likeness (QED) is 0.906. The van der Waals surface area contributed by atoms with Gasteiger partial charge in [-0.2, -0.15) is 0 Å². The Labute approximate surface area is 126 Å². The van der Waals surface area contributed by atoms with E-state index in [1.54, 1.807) is 6.33 Å². The molecule has 0 aromatic carbocycles. The van der Waals surface area contributed by atoms with Crippen LogP contribution in [0.1, 0.15) is 43.7 Å². The predicted molar refractivity (Wildman–Crippen MR) is 81.8 cm³/mol. The SMILES string of the molecule is CS(=O)(=O)NC1CCN(c2cc(C3CCC3)ncn2)CC1. The lowest BCUT2D eigenvalue weighted by molar-refractivity contribution is 0.410. The summed E-state index contributed by atoms with van der Waals surface area (Å²) in [6.45, 7) is 1.66. The Morgan fingerprint density at radius 2 is 1.90 bits per heavy atom. The van der Waals surface area contributed by atoms with Crippen molar-refractivity contribution in [3.63, 3.8) is 0 Å². The molecule has 0 spiro atoms. The van der Waals surface area contributed by atoms with Gasteiger partial charge in [0.15, 0.2) is 0 Å². The molecule has 1 aromatic heterocycles. The van der Waals surface area contributed by atoms with E-state index in [0.29, 0.717) is 5.92 Å². The van der Waals surface area contributed by atoms with Crippen molar-refractivity contribution in [2.45, 2.75) is 44.1 Å². The van der Waals surface area contributed by atoms with E-state index >= 15 is 0 Å². The van der Waals surface area contributed by atoms with Crippen LogP contribution in [0.3, 0.4) is 0 Å². The summed E-state index contributed by atoms with van der Waals surface area (Å²) >= 11 is 0. The maximum Gasteiger partial charge on any atom is 0.208 e. The molecule has 0 bridgehead atoms. The van der Waals surface area contributed by atoms with Gasteiger partial charge in [-0.05, 0) is 25.7 Å². The normalized spacial score (nSPS) is 21.3. The van der Waals surface area contributed by atoms with Gasteiger partial charge in [-0.1, -0.05) is 6.42 Å². The zero-order valence-electron chi connectivity index (χ0n) is 12.3. The average molecular weight is 310 g/mol. The molecule has 0 unspecified atom stereocenters. The molecule has 116 valence electrons. The van der Waals surface area contributed by atoms with Crippen LogP contribution in [-0.2, 0) is 10.0 Å². The third-order valence-corrected chi connectivity index (χ3v) is 5.16. The van der Waals surface area contributed by atoms with Crippen LogP contribution in [0.2, 0.25) is 0 Å². The van der Waals surface area contributed by atoms with Crippen molar-refractivity contribution >= 4 is 15.8 Å². The van der Waals surface area contributed by atoms with Crippen LogP contribution >= 0.6 is 0 Å². The Hall–Kier alpha value is -1.21. The fourth-order valence-electron chi connectivity index (χ4n) is 2.99. The monoisotopic (exact) mass is 310 g/mol. The average Bonchev–Trinajstić information content (AvgIpc) is 2.36. The number of hydrogen-bond donors (Lipinski definition) is 1. The van der Waals surface area contributed by atoms with Crippen LogP contribution in [0.15, 0.2) is 12.4 Å². The van der Waals surface area contributed by atoms with Crippen LogP contribution in [0.25, 0.3) is 0 Å². The lowest BCUT2D eigenvalue weighted by atomic mass is 9.83. The third kappa shape index (κ3) is 3.71. The molecule has 0 amide bonds. The second-order valence-electron chi connectivity index (χ2n) is 6.08. The van der Waals surface area contributed by atoms with Crippen LogP contribution in [-0.4, -0.2) is 43.8 Å². The Bertz CT molecular complexity index is 593. The van der Waals surface area contributed by atoms with Crippen molar-refractivity contribution < 1.29 is 8.42 Å². The summed E-state index contributed by atoms with van der Waals surface area (Å²) in [7, 11) is -3.11. The van der Waals surface area contributed by atoms with Gasteiger partial charge >= 0.3 is 0 Å². The Morgan fingerprint density at radius 1 is 1.19 bits per heavy atom. The van der Waals surface area contributed by atoms with E-state index in [4.69, 9.17) is 0 Å². The fraction of sp³-hybridized carbons (Fsp3) is 0.714. The van der Waals surface area contributed by atoms with E-state index in [-0.39, 0.29) is 6.04 Å². The second-order valence-corrected chi connectivity index (χ2v) is 7.86. The molecular weight excluding hydrogens is 288 g/mol. The number of aromatic nitrogens is 2. The molecule has 2 aliphatic rings. The zero-order valence-corrected chi connectivity index (χ0v) is 13.1. The van der Waals surface area contributed by atoms with Gasteiger partial charge in [-0.3, -0.25) is 0 Å². The highest BCUT2D eigenvalue weighted by Gasteiger charge is 2.25. The number of hydrogen-bond acceptors (Lipinski definition) is 5. The molecule has 2 fully saturated rings. The zero-order chi connectivity index (χ0) is 14.9. The van der Waals surface area contributed by atoms with E-state index in [0.717, 1.165) is 37.4 Å². The number of nitrogens with zero attached hydrogens (tertiary/aromatic N) is 3. The van der Waals surface area contributed by atoms with Crippen molar-refractivity contribution in [2.75, 3.05) is 24.2 Å². The van der Waals surface area contributed by atoms with Crippen LogP contribution in [0.4, 0.5) is 5.82 Å². The highest BCUT2D eigenvalue weighted by atomic mass is 32.2. The summed E-state index contributed by atoms with van der Waals surface area (Å²) in [6, 6.07) is 2.15. The van der Waals surface area contributed by atoms with E-state index in [2.05, 4.69) is 25.7 Å². The van der Waals surface area contributed by atoms with Crippen molar-refractivity contribution in [3.05, 3.63) is 18.1 Å². The highest BCUT2D eigenvalue weighted by Crippen LogP contribution is 2.36. The van der Waals surface area contributed by atoms with Gasteiger partial charge in [0.2, 0.25) is 10.0 Å². The first-order valence-electron chi connectivity index (χ1n) is 7.55. The molecule has 21 heavy (non-hydrogen) atoms. The van der Waals surface area contributed by atoms with Crippen molar-refractivity contribution in [3.8, 4) is 0 Å². The van der Waals surface area contributed by atoms with E-state index in [1.165, 1.54) is 25.5 Å². The van der Waals surface area contributed by atoms with Crippen molar-refractivity contribution in [2.24, 2.45) is 0 Å². The minimum atomic E-state index is -3.11. The second kappa shape index (κ2) is 5.88. The minimum absolute atomic E-state index is 0.0455. The van der Waals surface area contributed by atoms with E-state index in [9.17, 15) is 8.42 Å². The molecule has 1 saturated heterocycles. The number of piperidine rings is 1. The predicted octanol–water partition coefficient (Wildman–Crippen LogP) is 1.26. The van der Waals surface area contributed by atoms with E-state index < -0.39 is 10.0 Å². The molecule has 1 aromatic rings. The number of nitrogens with one attached hydrogen (secondary N) is 1. The molecule has 1 N–H and O–H groups in total. The maximum atomic E-state index is 11.3. The van der Waals surface area contributed by atoms with E-state index in [1.807, 2.05) is 0 Å². The molecule has 1 saturated carbocycles. The van der Waals surface area contributed by atoms with Crippen LogP contribution in [0, 0.1) is 0 Å². The number of rotatable bonds is 4. The Kier molecular flexibility index (Phi) is 4.12. The third-order valence-electron chi connectivity index (χ3n) is 4.40. The summed E-state index contributed by atoms with van der Waals surface area (Å²) in [4.78, 5) is 11.0. The molecule has 7 heteroatoms. The van der Waals surface area contributed by atoms with Gasteiger partial charge in [0.1, 0.15) is 12.1 Å². The summed E-state index contributed by atoms with van der Waals surface area (Å²) in [5.74, 6) is 1.58. The minimum Gasteiger partial charge on any atom is -0.356 e. The summed E-state index contributed by atoms with van der Waals surface area (Å²) in [6.07, 6.45) is 8.27. The van der Waals surface area contributed by atoms with Crippen molar-refractivity contribution in [1.82, 2.24) is 14.7 Å². The standard InChI is InChI=1S/C14H22N4O2S/c1-21(19,20)17-12-5-7-18(8-6-12)14-9-13(15-10-16-14)11-3-2-4-11/h9-12,17H,2-8H2,1H3. The lowest BCUT2D eigenvalue weighted by Crippen LogP contribution is -2.44. The molecule has 6 nitrogen and oxygen atoms in total. The van der Waals surface area contributed by atoms with Gasteiger partial charge < -0.3 is 4.90 Å². The molecule has 1 aliphatic heterocycles. The van der Waals surface area contributed by atoms with Gasteiger partial charge in [-0.25, -0.2) is 23.1 Å². The number of sulfonamides is 1. The lowest BCUT2D eigenvalue weighted by Gasteiger charge is -2.33. The van der Waals surface area contributed by atoms with Gasteiger partial charge in [0.05, 0.1) is 6.26 Å². The molecule has 1 aliphatic carbocycles. The summed E-state index contributed by atoms with van der Waals surface area (Å²) in [5.41, 5.74) is 1.16. The van der Waals surface area contributed by atoms with Crippen molar-refractivity contribution in [1.29, 1.82) is 0 Å². The first kappa shape index (κ1) is 14.7. The topological polar surface area (TPSA) is 75.2 Å². The Balaban J connectivity index is 1.61. The first-order valence-corrected chi connectivity index (χ1v) is 9.44. The largest absolute Gasteiger partial charge is 0.356 e. The molecule has 0 radical (unpaired) electrons. The molecule has 0 atom stereocenters. The molecule has 3 rings (SSSR count). The summed E-state index contributed by atoms with van der Waals surface area (Å²) < 4.78 is 25.2. The summed E-state index contributed by atoms with van der Waals surface area (Å²) in [5, 5.41) is 0. The van der Waals surface area contributed by atoms with Crippen LogP contribution in [0.5, 0.6) is 0 Å². The molecule has 2 heterocycles. The van der Waals surface area contributed by atoms with Crippen LogP contribution < -0.4 is 9.62 Å².